The number of likely N-dealkylation sites (tertiary alicyclic amines) is 1. The lowest BCUT2D eigenvalue weighted by Crippen LogP contribution is -2.50. The molecule has 1 aliphatic rings. The number of aliphatic carboxylic acids is 1. The molecule has 0 saturated carbocycles. The van der Waals surface area contributed by atoms with E-state index in [1.54, 1.807) is 0 Å². The van der Waals surface area contributed by atoms with Gasteiger partial charge in [-0.2, -0.15) is 0 Å². The lowest BCUT2D eigenvalue weighted by molar-refractivity contribution is -0.152. The minimum Gasteiger partial charge on any atom is -0.480 e. The highest BCUT2D eigenvalue weighted by molar-refractivity contribution is 6.27. The average molecular weight is 310 g/mol. The van der Waals surface area contributed by atoms with E-state index in [2.05, 4.69) is 12.1 Å². The number of halogens is 1. The Labute approximate surface area is 129 Å². The molecule has 4 nitrogen and oxygen atoms in total. The highest BCUT2D eigenvalue weighted by Crippen LogP contribution is 2.27. The second kappa shape index (κ2) is 6.94. The first kappa shape index (κ1) is 15.8. The Morgan fingerprint density at radius 1 is 1.43 bits per heavy atom. The Hall–Kier alpha value is -1.55. The molecule has 0 aliphatic carbocycles. The Morgan fingerprint density at radius 2 is 2.19 bits per heavy atom. The lowest BCUT2D eigenvalue weighted by atomic mass is 9.85. The van der Waals surface area contributed by atoms with Crippen molar-refractivity contribution in [3.8, 4) is 0 Å². The fraction of sp³-hybridized carbons (Fsp3) is 0.500. The molecule has 0 radical (unpaired) electrons. The van der Waals surface area contributed by atoms with Gasteiger partial charge in [0.2, 0.25) is 5.91 Å². The van der Waals surface area contributed by atoms with E-state index in [1.165, 1.54) is 16.0 Å². The van der Waals surface area contributed by atoms with Crippen LogP contribution in [0.5, 0.6) is 0 Å². The molecule has 5 heteroatoms. The summed E-state index contributed by atoms with van der Waals surface area (Å²) in [5, 5.41) is 9.34. The summed E-state index contributed by atoms with van der Waals surface area (Å²) in [5.74, 6) is -1.11. The number of carboxylic acid groups (broad SMARTS) is 1. The largest absolute Gasteiger partial charge is 0.480 e. The summed E-state index contributed by atoms with van der Waals surface area (Å²) in [6, 6.07) is 7.52. The topological polar surface area (TPSA) is 57.6 Å². The van der Waals surface area contributed by atoms with E-state index >= 15 is 0 Å². The molecule has 1 aromatic rings. The van der Waals surface area contributed by atoms with Crippen molar-refractivity contribution in [3.05, 3.63) is 35.4 Å². The molecule has 114 valence electrons. The van der Waals surface area contributed by atoms with Crippen LogP contribution < -0.4 is 0 Å². The maximum Gasteiger partial charge on any atom is 0.326 e. The quantitative estimate of drug-likeness (QED) is 0.869. The molecule has 1 fully saturated rings. The summed E-state index contributed by atoms with van der Waals surface area (Å²) < 4.78 is 0. The summed E-state index contributed by atoms with van der Waals surface area (Å²) in [5.41, 5.74) is 2.43. The smallest absolute Gasteiger partial charge is 0.326 e. The highest BCUT2D eigenvalue weighted by Gasteiger charge is 2.35. The summed E-state index contributed by atoms with van der Waals surface area (Å²) in [6.07, 6.45) is 2.17. The molecule has 1 saturated heterocycles. The average Bonchev–Trinajstić information content (AvgIpc) is 2.46. The summed E-state index contributed by atoms with van der Waals surface area (Å²) in [7, 11) is 0. The van der Waals surface area contributed by atoms with E-state index in [9.17, 15) is 14.7 Å². The van der Waals surface area contributed by atoms with E-state index in [0.29, 0.717) is 13.0 Å². The third kappa shape index (κ3) is 3.97. The minimum absolute atomic E-state index is 0.160. The van der Waals surface area contributed by atoms with Gasteiger partial charge in [0.15, 0.2) is 0 Å². The zero-order valence-corrected chi connectivity index (χ0v) is 12.8. The number of alkyl halides is 1. The second-order valence-corrected chi connectivity index (χ2v) is 5.93. The molecule has 1 aromatic carbocycles. The van der Waals surface area contributed by atoms with Crippen LogP contribution in [-0.2, 0) is 16.0 Å². The van der Waals surface area contributed by atoms with E-state index in [4.69, 9.17) is 11.6 Å². The van der Waals surface area contributed by atoms with Crippen molar-refractivity contribution in [1.29, 1.82) is 0 Å². The molecular formula is C16H20ClNO3. The third-order valence-corrected chi connectivity index (χ3v) is 4.27. The van der Waals surface area contributed by atoms with Crippen molar-refractivity contribution < 1.29 is 14.7 Å². The van der Waals surface area contributed by atoms with Crippen LogP contribution in [0.2, 0.25) is 0 Å². The van der Waals surface area contributed by atoms with Crippen molar-refractivity contribution in [2.24, 2.45) is 5.92 Å². The molecule has 0 spiro atoms. The van der Waals surface area contributed by atoms with Crippen molar-refractivity contribution in [2.75, 3.05) is 12.4 Å². The van der Waals surface area contributed by atoms with Crippen LogP contribution in [0.25, 0.3) is 0 Å². The first-order valence-corrected chi connectivity index (χ1v) is 7.68. The fourth-order valence-electron chi connectivity index (χ4n) is 3.01. The van der Waals surface area contributed by atoms with E-state index < -0.39 is 12.0 Å². The van der Waals surface area contributed by atoms with E-state index in [0.717, 1.165) is 12.8 Å². The van der Waals surface area contributed by atoms with Crippen molar-refractivity contribution in [2.45, 2.75) is 32.2 Å². The monoisotopic (exact) mass is 309 g/mol. The number of rotatable bonds is 4. The number of carbonyl (C=O) groups excluding carboxylic acids is 1. The van der Waals surface area contributed by atoms with Gasteiger partial charge in [0.25, 0.3) is 0 Å². The lowest BCUT2D eigenvalue weighted by Gasteiger charge is -2.37. The number of piperidine rings is 1. The molecule has 1 N–H and O–H groups in total. The van der Waals surface area contributed by atoms with Crippen LogP contribution in [0.15, 0.2) is 24.3 Å². The molecule has 2 atom stereocenters. The molecule has 2 unspecified atom stereocenters. The first-order chi connectivity index (χ1) is 10.0. The van der Waals surface area contributed by atoms with Gasteiger partial charge in [-0.3, -0.25) is 4.79 Å². The number of carbonyl (C=O) groups is 2. The molecule has 0 aromatic heterocycles. The van der Waals surface area contributed by atoms with Gasteiger partial charge in [-0.1, -0.05) is 29.8 Å². The summed E-state index contributed by atoms with van der Waals surface area (Å²) in [4.78, 5) is 24.5. The van der Waals surface area contributed by atoms with Crippen LogP contribution in [0.3, 0.4) is 0 Å². The van der Waals surface area contributed by atoms with Crippen LogP contribution in [0.4, 0.5) is 0 Å². The number of nitrogens with zero attached hydrogens (tertiary/aromatic N) is 1. The second-order valence-electron chi connectivity index (χ2n) is 5.66. The van der Waals surface area contributed by atoms with Crippen LogP contribution in [-0.4, -0.2) is 40.3 Å². The Bertz CT molecular complexity index is 532. The van der Waals surface area contributed by atoms with Crippen molar-refractivity contribution in [1.82, 2.24) is 4.90 Å². The number of hydrogen-bond donors (Lipinski definition) is 1. The first-order valence-electron chi connectivity index (χ1n) is 7.15. The number of hydrogen-bond acceptors (Lipinski definition) is 2. The maximum absolute atomic E-state index is 11.7. The van der Waals surface area contributed by atoms with Crippen molar-refractivity contribution in [3.63, 3.8) is 0 Å². The molecule has 2 rings (SSSR count). The van der Waals surface area contributed by atoms with Gasteiger partial charge in [0.05, 0.1) is 0 Å². The maximum atomic E-state index is 11.7. The number of carboxylic acids is 1. The van der Waals surface area contributed by atoms with Gasteiger partial charge in [0.1, 0.15) is 11.9 Å². The molecule has 1 amide bonds. The standard InChI is InChI=1S/C16H20ClNO3/c1-11-3-2-4-12(7-11)8-13-5-6-18(15(19)10-17)14(9-13)16(20)21/h2-4,7,13-14H,5-6,8-10H2,1H3,(H,20,21). The number of aryl methyl sites for hydroxylation is 1. The minimum atomic E-state index is -0.942. The SMILES string of the molecule is Cc1cccc(CC2CCN(C(=O)CCl)C(C(=O)O)C2)c1. The molecular weight excluding hydrogens is 290 g/mol. The predicted octanol–water partition coefficient (Wildman–Crippen LogP) is 2.47. The normalized spacial score (nSPS) is 22.1. The zero-order valence-electron chi connectivity index (χ0n) is 12.1. The van der Waals surface area contributed by atoms with Crippen LogP contribution in [0, 0.1) is 12.8 Å². The predicted molar refractivity (Wildman–Crippen MR) is 81.5 cm³/mol. The van der Waals surface area contributed by atoms with Gasteiger partial charge in [-0.15, -0.1) is 11.6 Å². The van der Waals surface area contributed by atoms with Gasteiger partial charge in [-0.05, 0) is 37.7 Å². The Morgan fingerprint density at radius 3 is 2.81 bits per heavy atom. The number of benzene rings is 1. The van der Waals surface area contributed by atoms with Crippen molar-refractivity contribution >= 4 is 23.5 Å². The Balaban J connectivity index is 2.05. The highest BCUT2D eigenvalue weighted by atomic mass is 35.5. The Kier molecular flexibility index (Phi) is 5.23. The molecule has 0 bridgehead atoms. The summed E-state index contributed by atoms with van der Waals surface area (Å²) in [6.45, 7) is 2.52. The third-order valence-electron chi connectivity index (χ3n) is 4.04. The fourth-order valence-corrected chi connectivity index (χ4v) is 3.16. The van der Waals surface area contributed by atoms with E-state index in [-0.39, 0.29) is 17.7 Å². The zero-order chi connectivity index (χ0) is 15.4. The molecule has 1 heterocycles. The van der Waals surface area contributed by atoms with Gasteiger partial charge in [-0.25, -0.2) is 4.79 Å². The van der Waals surface area contributed by atoms with Gasteiger partial charge < -0.3 is 10.0 Å². The van der Waals surface area contributed by atoms with E-state index in [1.807, 2.05) is 19.1 Å². The van der Waals surface area contributed by atoms with Gasteiger partial charge in [0, 0.05) is 6.54 Å². The van der Waals surface area contributed by atoms with Gasteiger partial charge >= 0.3 is 5.97 Å². The number of amides is 1. The molecule has 1 aliphatic heterocycles. The van der Waals surface area contributed by atoms with Crippen LogP contribution >= 0.6 is 11.6 Å². The van der Waals surface area contributed by atoms with Crippen LogP contribution in [0.1, 0.15) is 24.0 Å². The molecule has 21 heavy (non-hydrogen) atoms. The summed E-state index contributed by atoms with van der Waals surface area (Å²) >= 11 is 5.55.